The van der Waals surface area contributed by atoms with Crippen LogP contribution in [0.1, 0.15) is 44.7 Å². The van der Waals surface area contributed by atoms with Crippen molar-refractivity contribution in [3.05, 3.63) is 71.8 Å². The largest absolute Gasteiger partial charge is 0.460 e. The first-order valence-electron chi connectivity index (χ1n) is 13.4. The SMILES string of the molecule is CC(=O)O[C@H]1CC(=O)N(Cc2ccccc2)[C@@H]1[C@@H](CCOCc1ccccc1)C(=O)N1C(=O)OC[C@@H]1C(C)C. The number of esters is 1. The summed E-state index contributed by atoms with van der Waals surface area (Å²) in [4.78, 5) is 55.0. The monoisotopic (exact) mass is 536 g/mol. The maximum atomic E-state index is 14.1. The molecule has 0 spiro atoms. The number of nitrogens with zero attached hydrogens (tertiary/aromatic N) is 2. The minimum Gasteiger partial charge on any atom is -0.460 e. The molecule has 3 amide bonds. The minimum atomic E-state index is -0.854. The van der Waals surface area contributed by atoms with Crippen molar-refractivity contribution in [3.8, 4) is 0 Å². The highest BCUT2D eigenvalue weighted by molar-refractivity contribution is 5.96. The summed E-state index contributed by atoms with van der Waals surface area (Å²) in [5.74, 6) is -2.08. The lowest BCUT2D eigenvalue weighted by Gasteiger charge is -2.36. The van der Waals surface area contributed by atoms with Crippen LogP contribution in [0.5, 0.6) is 0 Å². The first-order chi connectivity index (χ1) is 18.8. The highest BCUT2D eigenvalue weighted by Gasteiger charge is 2.52. The van der Waals surface area contributed by atoms with E-state index in [-0.39, 0.29) is 44.4 Å². The third kappa shape index (κ3) is 6.84. The van der Waals surface area contributed by atoms with E-state index in [1.54, 1.807) is 4.90 Å². The number of ether oxygens (including phenoxy) is 3. The van der Waals surface area contributed by atoms with Gasteiger partial charge in [-0.15, -0.1) is 0 Å². The summed E-state index contributed by atoms with van der Waals surface area (Å²) in [6.07, 6.45) is -1.35. The first kappa shape index (κ1) is 28.3. The van der Waals surface area contributed by atoms with E-state index in [0.29, 0.717) is 6.61 Å². The molecule has 39 heavy (non-hydrogen) atoms. The van der Waals surface area contributed by atoms with Crippen molar-refractivity contribution in [2.45, 2.75) is 65.0 Å². The van der Waals surface area contributed by atoms with Crippen molar-refractivity contribution in [1.82, 2.24) is 9.80 Å². The van der Waals surface area contributed by atoms with Crippen molar-refractivity contribution in [2.75, 3.05) is 13.2 Å². The van der Waals surface area contributed by atoms with Crippen LogP contribution in [0.25, 0.3) is 0 Å². The number of rotatable bonds is 11. The topological polar surface area (TPSA) is 102 Å². The molecule has 2 aromatic carbocycles. The molecule has 0 aromatic heterocycles. The molecule has 4 rings (SSSR count). The minimum absolute atomic E-state index is 0.0229. The molecule has 0 radical (unpaired) electrons. The van der Waals surface area contributed by atoms with Crippen LogP contribution >= 0.6 is 0 Å². The van der Waals surface area contributed by atoms with Crippen LogP contribution in [-0.2, 0) is 41.7 Å². The van der Waals surface area contributed by atoms with E-state index < -0.39 is 42.1 Å². The fraction of sp³-hybridized carbons (Fsp3) is 0.467. The third-order valence-electron chi connectivity index (χ3n) is 7.28. The van der Waals surface area contributed by atoms with E-state index in [4.69, 9.17) is 14.2 Å². The highest BCUT2D eigenvalue weighted by Crippen LogP contribution is 2.34. The smallest absolute Gasteiger partial charge is 0.416 e. The third-order valence-corrected chi connectivity index (χ3v) is 7.28. The number of benzene rings is 2. The van der Waals surface area contributed by atoms with Crippen LogP contribution in [0.4, 0.5) is 4.79 Å². The number of cyclic esters (lactones) is 1. The van der Waals surface area contributed by atoms with Crippen molar-refractivity contribution in [3.63, 3.8) is 0 Å². The molecular formula is C30H36N2O7. The van der Waals surface area contributed by atoms with Crippen LogP contribution in [0.15, 0.2) is 60.7 Å². The zero-order valence-electron chi connectivity index (χ0n) is 22.7. The Morgan fingerprint density at radius 1 is 1.00 bits per heavy atom. The molecule has 2 aromatic rings. The number of carbonyl (C=O) groups is 4. The van der Waals surface area contributed by atoms with Gasteiger partial charge in [0.1, 0.15) is 12.7 Å². The van der Waals surface area contributed by atoms with Gasteiger partial charge in [-0.25, -0.2) is 9.69 Å². The van der Waals surface area contributed by atoms with E-state index in [2.05, 4.69) is 0 Å². The predicted molar refractivity (Wildman–Crippen MR) is 142 cm³/mol. The molecule has 9 nitrogen and oxygen atoms in total. The van der Waals surface area contributed by atoms with Crippen LogP contribution in [0.3, 0.4) is 0 Å². The molecular weight excluding hydrogens is 500 g/mol. The lowest BCUT2D eigenvalue weighted by atomic mass is 9.89. The van der Waals surface area contributed by atoms with Gasteiger partial charge in [0, 0.05) is 20.1 Å². The van der Waals surface area contributed by atoms with Gasteiger partial charge in [0.15, 0.2) is 0 Å². The molecule has 0 bridgehead atoms. The van der Waals surface area contributed by atoms with Gasteiger partial charge in [-0.2, -0.15) is 0 Å². The summed E-state index contributed by atoms with van der Waals surface area (Å²) >= 11 is 0. The van der Waals surface area contributed by atoms with E-state index >= 15 is 0 Å². The standard InChI is InChI=1S/C30H36N2O7/c1-20(2)25-19-38-30(36)32(25)29(35)24(14-15-37-18-23-12-8-5-9-13-23)28-26(39-21(3)33)16-27(34)31(28)17-22-10-6-4-7-11-22/h4-13,20,24-26,28H,14-19H2,1-3H3/t24-,25-,26+,28-/m1/s1. The molecule has 2 saturated heterocycles. The normalized spacial score (nSPS) is 21.8. The van der Waals surface area contributed by atoms with Crippen molar-refractivity contribution in [2.24, 2.45) is 11.8 Å². The zero-order chi connectivity index (χ0) is 27.9. The lowest BCUT2D eigenvalue weighted by molar-refractivity contribution is -0.152. The maximum absolute atomic E-state index is 14.1. The highest BCUT2D eigenvalue weighted by atomic mass is 16.6. The van der Waals surface area contributed by atoms with E-state index in [1.807, 2.05) is 74.5 Å². The molecule has 2 aliphatic rings. The molecule has 0 N–H and O–H groups in total. The summed E-state index contributed by atoms with van der Waals surface area (Å²) < 4.78 is 16.8. The molecule has 4 atom stereocenters. The van der Waals surface area contributed by atoms with E-state index in [0.717, 1.165) is 11.1 Å². The number of imide groups is 1. The van der Waals surface area contributed by atoms with E-state index in [1.165, 1.54) is 11.8 Å². The Morgan fingerprint density at radius 2 is 1.64 bits per heavy atom. The van der Waals surface area contributed by atoms with Gasteiger partial charge in [0.05, 0.1) is 31.0 Å². The van der Waals surface area contributed by atoms with E-state index in [9.17, 15) is 19.2 Å². The second-order valence-corrected chi connectivity index (χ2v) is 10.4. The number of carbonyl (C=O) groups excluding carboxylic acids is 4. The summed E-state index contributed by atoms with van der Waals surface area (Å²) in [5, 5.41) is 0. The number of hydrogen-bond donors (Lipinski definition) is 0. The average molecular weight is 537 g/mol. The quantitative estimate of drug-likeness (QED) is 0.317. The second kappa shape index (κ2) is 12.9. The van der Waals surface area contributed by atoms with Gasteiger partial charge in [0.25, 0.3) is 0 Å². The molecule has 2 aliphatic heterocycles. The Labute approximate surface area is 229 Å². The Morgan fingerprint density at radius 3 is 2.26 bits per heavy atom. The Balaban J connectivity index is 1.64. The first-order valence-corrected chi connectivity index (χ1v) is 13.4. The number of hydrogen-bond acceptors (Lipinski definition) is 7. The van der Waals surface area contributed by atoms with Crippen molar-refractivity contribution in [1.29, 1.82) is 0 Å². The van der Waals surface area contributed by atoms with Crippen LogP contribution in [0.2, 0.25) is 0 Å². The molecule has 0 unspecified atom stereocenters. The average Bonchev–Trinajstić information content (AvgIpc) is 3.44. The van der Waals surface area contributed by atoms with Crippen LogP contribution in [0, 0.1) is 11.8 Å². The second-order valence-electron chi connectivity index (χ2n) is 10.4. The number of amides is 3. The molecule has 208 valence electrons. The molecule has 2 heterocycles. The van der Waals surface area contributed by atoms with Gasteiger partial charge < -0.3 is 19.1 Å². The summed E-state index contributed by atoms with van der Waals surface area (Å²) in [5.41, 5.74) is 1.87. The zero-order valence-corrected chi connectivity index (χ0v) is 22.7. The Bertz CT molecular complexity index is 1150. The molecule has 2 fully saturated rings. The Kier molecular flexibility index (Phi) is 9.35. The fourth-order valence-electron chi connectivity index (χ4n) is 5.33. The van der Waals surface area contributed by atoms with Crippen molar-refractivity contribution >= 4 is 23.9 Å². The van der Waals surface area contributed by atoms with Crippen LogP contribution < -0.4 is 0 Å². The van der Waals surface area contributed by atoms with Gasteiger partial charge in [-0.1, -0.05) is 74.5 Å². The molecule has 0 aliphatic carbocycles. The van der Waals surface area contributed by atoms with Crippen molar-refractivity contribution < 1.29 is 33.4 Å². The lowest BCUT2D eigenvalue weighted by Crippen LogP contribution is -2.53. The summed E-state index contributed by atoms with van der Waals surface area (Å²) in [6, 6.07) is 17.9. The Hall–Kier alpha value is -3.72. The van der Waals surface area contributed by atoms with Gasteiger partial charge in [0.2, 0.25) is 11.8 Å². The number of likely N-dealkylation sites (tertiary alicyclic amines) is 1. The predicted octanol–water partition coefficient (Wildman–Crippen LogP) is 3.95. The summed E-state index contributed by atoms with van der Waals surface area (Å²) in [6.45, 7) is 6.05. The molecule has 9 heteroatoms. The summed E-state index contributed by atoms with van der Waals surface area (Å²) in [7, 11) is 0. The molecule has 0 saturated carbocycles. The van der Waals surface area contributed by atoms with Gasteiger partial charge >= 0.3 is 12.1 Å². The van der Waals surface area contributed by atoms with Gasteiger partial charge in [-0.3, -0.25) is 14.4 Å². The van der Waals surface area contributed by atoms with Crippen LogP contribution in [-0.4, -0.2) is 65.1 Å². The van der Waals surface area contributed by atoms with Gasteiger partial charge in [-0.05, 0) is 23.5 Å². The maximum Gasteiger partial charge on any atom is 0.416 e. The fourth-order valence-corrected chi connectivity index (χ4v) is 5.33.